The molecule has 0 radical (unpaired) electrons. The van der Waals surface area contributed by atoms with Gasteiger partial charge in [-0.2, -0.15) is 0 Å². The van der Waals surface area contributed by atoms with Gasteiger partial charge in [0.05, 0.1) is 17.6 Å². The average Bonchev–Trinajstić information content (AvgIpc) is 2.37. The lowest BCUT2D eigenvalue weighted by atomic mass is 10.1. The maximum atomic E-state index is 11.6. The second-order valence-corrected chi connectivity index (χ2v) is 6.02. The molecule has 0 aliphatic carbocycles. The van der Waals surface area contributed by atoms with Crippen LogP contribution in [-0.4, -0.2) is 32.7 Å². The van der Waals surface area contributed by atoms with E-state index in [1.165, 1.54) is 31.5 Å². The van der Waals surface area contributed by atoms with Crippen LogP contribution >= 0.6 is 0 Å². The van der Waals surface area contributed by atoms with E-state index >= 15 is 0 Å². The number of nitrogens with one attached hydrogen (secondary N) is 1. The Morgan fingerprint density at radius 2 is 1.95 bits per heavy atom. The predicted octanol–water partition coefficient (Wildman–Crippen LogP) is 0.718. The molecule has 19 heavy (non-hydrogen) atoms. The van der Waals surface area contributed by atoms with Gasteiger partial charge in [-0.05, 0) is 18.2 Å². The molecule has 2 aromatic rings. The van der Waals surface area contributed by atoms with Crippen molar-refractivity contribution in [2.45, 2.75) is 4.90 Å². The molecular weight excluding hydrogens is 270 g/mol. The molecule has 1 aromatic carbocycles. The molecule has 0 fully saturated rings. The highest BCUT2D eigenvalue weighted by Gasteiger charge is 2.15. The Morgan fingerprint density at radius 1 is 1.26 bits per heavy atom. The van der Waals surface area contributed by atoms with Crippen LogP contribution in [-0.2, 0) is 14.6 Å². The zero-order valence-electron chi connectivity index (χ0n) is 10.3. The maximum Gasteiger partial charge on any atom is 0.339 e. The molecule has 2 rings (SSSR count). The summed E-state index contributed by atoms with van der Waals surface area (Å²) in [6.07, 6.45) is 2.27. The number of carbonyl (C=O) groups is 1. The third-order valence-corrected chi connectivity index (χ3v) is 3.82. The molecule has 0 bridgehead atoms. The van der Waals surface area contributed by atoms with Crippen molar-refractivity contribution < 1.29 is 17.9 Å². The molecule has 6 nitrogen and oxygen atoms in total. The molecule has 0 saturated heterocycles. The highest BCUT2D eigenvalue weighted by Crippen LogP contribution is 2.20. The van der Waals surface area contributed by atoms with E-state index in [1.807, 2.05) is 0 Å². The van der Waals surface area contributed by atoms with Crippen LogP contribution < -0.4 is 5.56 Å². The molecule has 1 N–H and O–H groups in total. The van der Waals surface area contributed by atoms with Crippen LogP contribution in [0.4, 0.5) is 0 Å². The molecule has 0 aliphatic rings. The van der Waals surface area contributed by atoms with Crippen molar-refractivity contribution in [3.8, 4) is 0 Å². The first-order valence-electron chi connectivity index (χ1n) is 5.28. The summed E-state index contributed by atoms with van der Waals surface area (Å²) in [5, 5.41) is 0.480. The Bertz CT molecular complexity index is 820. The van der Waals surface area contributed by atoms with Crippen LogP contribution in [0.5, 0.6) is 0 Å². The van der Waals surface area contributed by atoms with Crippen molar-refractivity contribution >= 4 is 26.6 Å². The summed E-state index contributed by atoms with van der Waals surface area (Å²) in [6.45, 7) is 0. The maximum absolute atomic E-state index is 11.6. The van der Waals surface area contributed by atoms with Crippen LogP contribution in [0.15, 0.2) is 34.1 Å². The third-order valence-electron chi connectivity index (χ3n) is 2.71. The fourth-order valence-electron chi connectivity index (χ4n) is 1.75. The van der Waals surface area contributed by atoms with Gasteiger partial charge in [0.1, 0.15) is 0 Å². The van der Waals surface area contributed by atoms with E-state index in [4.69, 9.17) is 0 Å². The summed E-state index contributed by atoms with van der Waals surface area (Å²) >= 11 is 0. The second-order valence-electron chi connectivity index (χ2n) is 4.00. The van der Waals surface area contributed by atoms with Crippen molar-refractivity contribution in [3.63, 3.8) is 0 Å². The summed E-state index contributed by atoms with van der Waals surface area (Å²) in [4.78, 5) is 25.7. The lowest BCUT2D eigenvalue weighted by molar-refractivity contribution is 0.0602. The molecule has 0 aliphatic heterocycles. The van der Waals surface area contributed by atoms with Crippen molar-refractivity contribution in [1.82, 2.24) is 4.98 Å². The number of H-pyrrole nitrogens is 1. The first-order chi connectivity index (χ1) is 8.84. The normalized spacial score (nSPS) is 11.5. The number of fused-ring (bicyclic) bond motifs is 1. The Kier molecular flexibility index (Phi) is 3.15. The Hall–Kier alpha value is -2.15. The summed E-state index contributed by atoms with van der Waals surface area (Å²) < 4.78 is 27.6. The Morgan fingerprint density at radius 3 is 2.53 bits per heavy atom. The molecule has 0 atom stereocenters. The number of hydrogen-bond donors (Lipinski definition) is 1. The Labute approximate surface area is 108 Å². The van der Waals surface area contributed by atoms with E-state index in [2.05, 4.69) is 9.72 Å². The first kappa shape index (κ1) is 13.3. The predicted molar refractivity (Wildman–Crippen MR) is 69.0 cm³/mol. The van der Waals surface area contributed by atoms with Crippen LogP contribution in [0.1, 0.15) is 10.4 Å². The van der Waals surface area contributed by atoms with Crippen molar-refractivity contribution in [2.75, 3.05) is 13.4 Å². The fraction of sp³-hybridized carbons (Fsp3) is 0.167. The molecule has 1 heterocycles. The summed E-state index contributed by atoms with van der Waals surface area (Å²) in [7, 11) is -2.21. The van der Waals surface area contributed by atoms with Gasteiger partial charge in [0.2, 0.25) is 0 Å². The topological polar surface area (TPSA) is 93.3 Å². The lowest BCUT2D eigenvalue weighted by Crippen LogP contribution is -2.12. The Balaban J connectivity index is 2.89. The van der Waals surface area contributed by atoms with Gasteiger partial charge in [0.15, 0.2) is 9.84 Å². The zero-order chi connectivity index (χ0) is 14.2. The largest absolute Gasteiger partial charge is 0.465 e. The van der Waals surface area contributed by atoms with Gasteiger partial charge in [-0.1, -0.05) is 0 Å². The molecule has 1 aromatic heterocycles. The third kappa shape index (κ3) is 2.37. The van der Waals surface area contributed by atoms with Crippen LogP contribution in [0, 0.1) is 0 Å². The number of pyridine rings is 1. The van der Waals surface area contributed by atoms with Crippen LogP contribution in [0.25, 0.3) is 10.8 Å². The van der Waals surface area contributed by atoms with Crippen LogP contribution in [0.2, 0.25) is 0 Å². The van der Waals surface area contributed by atoms with E-state index < -0.39 is 21.4 Å². The monoisotopic (exact) mass is 281 g/mol. The smallest absolute Gasteiger partial charge is 0.339 e. The number of carbonyl (C=O) groups excluding carboxylic acids is 1. The van der Waals surface area contributed by atoms with Gasteiger partial charge in [-0.25, -0.2) is 13.2 Å². The van der Waals surface area contributed by atoms with Gasteiger partial charge in [0, 0.05) is 23.2 Å². The number of benzene rings is 1. The lowest BCUT2D eigenvalue weighted by Gasteiger charge is -2.06. The minimum absolute atomic E-state index is 0.0377. The first-order valence-corrected chi connectivity index (χ1v) is 7.17. The number of hydrogen-bond acceptors (Lipinski definition) is 5. The minimum atomic E-state index is -3.42. The van der Waals surface area contributed by atoms with Gasteiger partial charge in [-0.15, -0.1) is 0 Å². The standard InChI is InChI=1S/C12H11NO5S/c1-18-12(15)10-6-13-11(14)8-4-3-7(5-9(8)10)19(2,16)17/h3-6H,1-2H3,(H,13,14). The number of aromatic amines is 1. The van der Waals surface area contributed by atoms with Crippen molar-refractivity contribution in [2.24, 2.45) is 0 Å². The van der Waals surface area contributed by atoms with Crippen LogP contribution in [0.3, 0.4) is 0 Å². The molecule has 0 amide bonds. The number of methoxy groups -OCH3 is 1. The second kappa shape index (κ2) is 4.51. The van der Waals surface area contributed by atoms with Crippen molar-refractivity contribution in [3.05, 3.63) is 40.3 Å². The van der Waals surface area contributed by atoms with Gasteiger partial charge in [0.25, 0.3) is 5.56 Å². The number of sulfone groups is 1. The molecule has 100 valence electrons. The summed E-state index contributed by atoms with van der Waals surface area (Å²) in [5.74, 6) is -0.646. The van der Waals surface area contributed by atoms with Gasteiger partial charge < -0.3 is 9.72 Å². The number of rotatable bonds is 2. The SMILES string of the molecule is COC(=O)c1c[nH]c(=O)c2ccc(S(C)(=O)=O)cc12. The zero-order valence-corrected chi connectivity index (χ0v) is 11.1. The van der Waals surface area contributed by atoms with E-state index in [9.17, 15) is 18.0 Å². The minimum Gasteiger partial charge on any atom is -0.465 e. The quantitative estimate of drug-likeness (QED) is 0.819. The molecule has 0 unspecified atom stereocenters. The van der Waals surface area contributed by atoms with E-state index in [-0.39, 0.29) is 21.2 Å². The number of ether oxygens (including phenoxy) is 1. The molecule has 0 saturated carbocycles. The molecular formula is C12H11NO5S. The van der Waals surface area contributed by atoms with Crippen molar-refractivity contribution in [1.29, 1.82) is 0 Å². The number of esters is 1. The van der Waals surface area contributed by atoms with E-state index in [0.717, 1.165) is 6.26 Å². The number of aromatic nitrogens is 1. The average molecular weight is 281 g/mol. The summed E-state index contributed by atoms with van der Waals surface area (Å²) in [6, 6.07) is 4.00. The fourth-order valence-corrected chi connectivity index (χ4v) is 2.39. The molecule has 0 spiro atoms. The molecule has 7 heteroatoms. The highest BCUT2D eigenvalue weighted by molar-refractivity contribution is 7.90. The summed E-state index contributed by atoms with van der Waals surface area (Å²) in [5.41, 5.74) is -0.287. The van der Waals surface area contributed by atoms with E-state index in [0.29, 0.717) is 0 Å². The van der Waals surface area contributed by atoms with E-state index in [1.54, 1.807) is 0 Å². The van der Waals surface area contributed by atoms with Gasteiger partial charge in [-0.3, -0.25) is 4.79 Å². The highest BCUT2D eigenvalue weighted by atomic mass is 32.2. The van der Waals surface area contributed by atoms with Gasteiger partial charge >= 0.3 is 5.97 Å².